The molecule has 0 unspecified atom stereocenters. The van der Waals surface area contributed by atoms with Gasteiger partial charge in [-0.15, -0.1) is 0 Å². The van der Waals surface area contributed by atoms with E-state index in [1.807, 2.05) is 0 Å². The van der Waals surface area contributed by atoms with Crippen LogP contribution in [0.5, 0.6) is 0 Å². The summed E-state index contributed by atoms with van der Waals surface area (Å²) >= 11 is 4.85. The molecule has 0 aliphatic heterocycles. The standard InChI is InChI=1S/C10H7F4N3S/c1-17-8(15-16-9(17)18)5-2-3-7(11)6(4-5)10(12,13)14/h2-4H,1H3,(H,16,18). The third-order valence-corrected chi connectivity index (χ3v) is 2.77. The van der Waals surface area contributed by atoms with Crippen molar-refractivity contribution in [2.75, 3.05) is 0 Å². The van der Waals surface area contributed by atoms with E-state index in [9.17, 15) is 17.6 Å². The summed E-state index contributed by atoms with van der Waals surface area (Å²) in [7, 11) is 1.55. The average molecular weight is 277 g/mol. The van der Waals surface area contributed by atoms with Gasteiger partial charge < -0.3 is 4.57 Å². The molecule has 0 radical (unpaired) electrons. The number of aromatic nitrogens is 3. The number of H-pyrrole nitrogens is 1. The quantitative estimate of drug-likeness (QED) is 0.641. The Morgan fingerprint density at radius 3 is 2.50 bits per heavy atom. The van der Waals surface area contributed by atoms with Crippen LogP contribution in [0.15, 0.2) is 18.2 Å². The maximum atomic E-state index is 13.1. The second kappa shape index (κ2) is 4.20. The first-order valence-corrected chi connectivity index (χ1v) is 5.20. The lowest BCUT2D eigenvalue weighted by molar-refractivity contribution is -0.139. The van der Waals surface area contributed by atoms with Crippen molar-refractivity contribution in [3.63, 3.8) is 0 Å². The molecule has 3 nitrogen and oxygen atoms in total. The van der Waals surface area contributed by atoms with E-state index in [0.717, 1.165) is 6.07 Å². The zero-order chi connectivity index (χ0) is 13.5. The Morgan fingerprint density at radius 1 is 1.33 bits per heavy atom. The van der Waals surface area contributed by atoms with E-state index in [0.29, 0.717) is 6.07 Å². The summed E-state index contributed by atoms with van der Waals surface area (Å²) in [6.45, 7) is 0. The van der Waals surface area contributed by atoms with Crippen LogP contribution in [0, 0.1) is 10.6 Å². The predicted molar refractivity (Wildman–Crippen MR) is 58.8 cm³/mol. The molecular weight excluding hydrogens is 270 g/mol. The largest absolute Gasteiger partial charge is 0.419 e. The molecule has 2 aromatic rings. The molecule has 0 atom stereocenters. The Hall–Kier alpha value is -1.70. The molecule has 8 heteroatoms. The van der Waals surface area contributed by atoms with Gasteiger partial charge in [-0.05, 0) is 30.4 Å². The molecule has 96 valence electrons. The van der Waals surface area contributed by atoms with Crippen molar-refractivity contribution in [3.8, 4) is 11.4 Å². The average Bonchev–Trinajstić information content (AvgIpc) is 2.59. The van der Waals surface area contributed by atoms with Gasteiger partial charge in [0, 0.05) is 12.6 Å². The van der Waals surface area contributed by atoms with E-state index in [1.54, 1.807) is 7.05 Å². The highest BCUT2D eigenvalue weighted by atomic mass is 32.1. The SMILES string of the molecule is Cn1c(-c2ccc(F)c(C(F)(F)F)c2)n[nH]c1=S. The number of hydrogen-bond donors (Lipinski definition) is 1. The van der Waals surface area contributed by atoms with Crippen LogP contribution < -0.4 is 0 Å². The third kappa shape index (κ3) is 2.15. The molecule has 1 heterocycles. The molecule has 0 aliphatic carbocycles. The minimum Gasteiger partial charge on any atom is -0.303 e. The molecule has 18 heavy (non-hydrogen) atoms. The zero-order valence-electron chi connectivity index (χ0n) is 9.05. The summed E-state index contributed by atoms with van der Waals surface area (Å²) in [5, 5.41) is 6.24. The number of rotatable bonds is 1. The van der Waals surface area contributed by atoms with Crippen molar-refractivity contribution in [1.82, 2.24) is 14.8 Å². The van der Waals surface area contributed by atoms with Crippen molar-refractivity contribution in [1.29, 1.82) is 0 Å². The second-order valence-corrected chi connectivity index (χ2v) is 3.99. The Balaban J connectivity index is 2.61. The van der Waals surface area contributed by atoms with Crippen molar-refractivity contribution in [3.05, 3.63) is 34.4 Å². The Morgan fingerprint density at radius 2 is 2.00 bits per heavy atom. The maximum absolute atomic E-state index is 13.1. The van der Waals surface area contributed by atoms with Crippen molar-refractivity contribution >= 4 is 12.2 Å². The van der Waals surface area contributed by atoms with Gasteiger partial charge in [0.05, 0.1) is 5.56 Å². The number of benzene rings is 1. The summed E-state index contributed by atoms with van der Waals surface area (Å²) in [4.78, 5) is 0. The highest BCUT2D eigenvalue weighted by Crippen LogP contribution is 2.33. The van der Waals surface area contributed by atoms with Crippen LogP contribution >= 0.6 is 12.2 Å². The molecule has 1 aromatic heterocycles. The number of nitrogens with one attached hydrogen (secondary N) is 1. The first kappa shape index (κ1) is 12.7. The first-order chi connectivity index (χ1) is 8.30. The summed E-state index contributed by atoms with van der Waals surface area (Å²) in [5.74, 6) is -1.10. The number of aromatic amines is 1. The number of hydrogen-bond acceptors (Lipinski definition) is 2. The topological polar surface area (TPSA) is 33.6 Å². The molecular formula is C10H7F4N3S. The molecule has 1 N–H and O–H groups in total. The molecule has 0 aliphatic rings. The Labute approximate surface area is 104 Å². The van der Waals surface area contributed by atoms with Gasteiger partial charge in [0.15, 0.2) is 10.6 Å². The van der Waals surface area contributed by atoms with Crippen LogP contribution in [0.3, 0.4) is 0 Å². The molecule has 0 saturated heterocycles. The van der Waals surface area contributed by atoms with Crippen LogP contribution in [-0.4, -0.2) is 14.8 Å². The summed E-state index contributed by atoms with van der Waals surface area (Å²) in [6.07, 6.45) is -4.74. The molecule has 0 saturated carbocycles. The first-order valence-electron chi connectivity index (χ1n) is 4.79. The van der Waals surface area contributed by atoms with E-state index < -0.39 is 17.6 Å². The van der Waals surface area contributed by atoms with Gasteiger partial charge in [-0.3, -0.25) is 5.10 Å². The maximum Gasteiger partial charge on any atom is 0.419 e. The molecule has 0 bridgehead atoms. The lowest BCUT2D eigenvalue weighted by Gasteiger charge is -2.09. The van der Waals surface area contributed by atoms with Crippen LogP contribution in [0.1, 0.15) is 5.56 Å². The third-order valence-electron chi connectivity index (χ3n) is 2.41. The second-order valence-electron chi connectivity index (χ2n) is 3.60. The number of nitrogens with zero attached hydrogens (tertiary/aromatic N) is 2. The fourth-order valence-electron chi connectivity index (χ4n) is 1.49. The van der Waals surface area contributed by atoms with Gasteiger partial charge in [-0.1, -0.05) is 0 Å². The lowest BCUT2D eigenvalue weighted by Crippen LogP contribution is -2.08. The van der Waals surface area contributed by atoms with Crippen LogP contribution in [-0.2, 0) is 13.2 Å². The summed E-state index contributed by atoms with van der Waals surface area (Å²) in [5.41, 5.74) is -1.19. The Kier molecular flexibility index (Phi) is 2.97. The molecule has 1 aromatic carbocycles. The van der Waals surface area contributed by atoms with Gasteiger partial charge >= 0.3 is 6.18 Å². The summed E-state index contributed by atoms with van der Waals surface area (Å²) < 4.78 is 52.4. The van der Waals surface area contributed by atoms with Crippen molar-refractivity contribution in [2.24, 2.45) is 7.05 Å². The van der Waals surface area contributed by atoms with Gasteiger partial charge in [-0.25, -0.2) is 4.39 Å². The van der Waals surface area contributed by atoms with Gasteiger partial charge in [0.25, 0.3) is 0 Å². The van der Waals surface area contributed by atoms with Crippen LogP contribution in [0.25, 0.3) is 11.4 Å². The van der Waals surface area contributed by atoms with Crippen LogP contribution in [0.4, 0.5) is 17.6 Å². The lowest BCUT2D eigenvalue weighted by atomic mass is 10.1. The highest BCUT2D eigenvalue weighted by molar-refractivity contribution is 7.71. The summed E-state index contributed by atoms with van der Waals surface area (Å²) in [6, 6.07) is 2.69. The van der Waals surface area contributed by atoms with Gasteiger partial charge in [0.2, 0.25) is 0 Å². The highest BCUT2D eigenvalue weighted by Gasteiger charge is 2.34. The van der Waals surface area contributed by atoms with E-state index in [1.165, 1.54) is 10.6 Å². The van der Waals surface area contributed by atoms with E-state index in [-0.39, 0.29) is 16.2 Å². The zero-order valence-corrected chi connectivity index (χ0v) is 9.86. The fourth-order valence-corrected chi connectivity index (χ4v) is 1.62. The number of halogens is 4. The smallest absolute Gasteiger partial charge is 0.303 e. The molecule has 2 rings (SSSR count). The Bertz CT molecular complexity index is 641. The van der Waals surface area contributed by atoms with Crippen molar-refractivity contribution < 1.29 is 17.6 Å². The normalized spacial score (nSPS) is 11.8. The fraction of sp³-hybridized carbons (Fsp3) is 0.200. The monoisotopic (exact) mass is 277 g/mol. The van der Waals surface area contributed by atoms with Gasteiger partial charge in [-0.2, -0.15) is 18.3 Å². The predicted octanol–water partition coefficient (Wildman–Crippen LogP) is 3.30. The van der Waals surface area contributed by atoms with Gasteiger partial charge in [0.1, 0.15) is 5.82 Å². The van der Waals surface area contributed by atoms with Crippen LogP contribution in [0.2, 0.25) is 0 Å². The van der Waals surface area contributed by atoms with Crippen molar-refractivity contribution in [2.45, 2.75) is 6.18 Å². The minimum atomic E-state index is -4.74. The molecule has 0 fully saturated rings. The van der Waals surface area contributed by atoms with E-state index in [4.69, 9.17) is 12.2 Å². The van der Waals surface area contributed by atoms with E-state index in [2.05, 4.69) is 10.2 Å². The number of alkyl halides is 3. The minimum absolute atomic E-state index is 0.138. The molecule has 0 spiro atoms. The molecule has 0 amide bonds. The van der Waals surface area contributed by atoms with E-state index >= 15 is 0 Å².